The Hall–Kier alpha value is -15.4. The molecule has 3 saturated heterocycles. The lowest BCUT2D eigenvalue weighted by Gasteiger charge is -2.49. The minimum Gasteiger partial charge on any atom is -0.484 e. The fourth-order valence-electron chi connectivity index (χ4n) is 23.2. The van der Waals surface area contributed by atoms with Crippen molar-refractivity contribution in [1.82, 2.24) is 87.0 Å². The van der Waals surface area contributed by atoms with Crippen molar-refractivity contribution in [3.8, 4) is 56.2 Å². The summed E-state index contributed by atoms with van der Waals surface area (Å²) in [6, 6.07) is 12.8. The topological polar surface area (TPSA) is 349 Å². The van der Waals surface area contributed by atoms with Crippen LogP contribution in [0.1, 0.15) is 196 Å². The average Bonchev–Trinajstić information content (AvgIpc) is 1.50. The highest BCUT2D eigenvalue weighted by Crippen LogP contribution is 2.53. The van der Waals surface area contributed by atoms with Gasteiger partial charge in [0.1, 0.15) is 48.7 Å². The monoisotopic (exact) mass is 2050 g/mol. The number of amides is 3. The second-order valence-corrected chi connectivity index (χ2v) is 42.1. The molecule has 9 aromatic heterocycles. The van der Waals surface area contributed by atoms with Crippen molar-refractivity contribution >= 4 is 118 Å². The smallest absolute Gasteiger partial charge is 0.326 e. The number of benzene rings is 6. The third-order valence-corrected chi connectivity index (χ3v) is 30.7. The average molecular weight is 2050 g/mol. The van der Waals surface area contributed by atoms with E-state index in [1.54, 1.807) is 77.5 Å². The number of rotatable bonds is 15. The van der Waals surface area contributed by atoms with Gasteiger partial charge in [0.05, 0.1) is 152 Å². The van der Waals surface area contributed by atoms with Gasteiger partial charge in [0.2, 0.25) is 23.5 Å². The van der Waals surface area contributed by atoms with E-state index in [9.17, 15) is 33.6 Å². The Balaban J connectivity index is 0.000000140. The van der Waals surface area contributed by atoms with E-state index in [-0.39, 0.29) is 186 Å². The number of hydrogen-bond donors (Lipinski definition) is 4. The van der Waals surface area contributed by atoms with E-state index in [1.807, 2.05) is 127 Å². The van der Waals surface area contributed by atoms with Crippen LogP contribution in [0.25, 0.3) is 116 Å². The summed E-state index contributed by atoms with van der Waals surface area (Å²) in [6.07, 6.45) is 8.62. The number of aromatic amines is 3. The normalized spacial score (nSPS) is 17.4. The summed E-state index contributed by atoms with van der Waals surface area (Å²) in [5, 5.41) is 4.13. The number of imidazole rings is 3. The van der Waals surface area contributed by atoms with Gasteiger partial charge in [-0.2, -0.15) is 0 Å². The van der Waals surface area contributed by atoms with Gasteiger partial charge in [-0.1, -0.05) is 133 Å². The number of ether oxygens (including phenoxy) is 1. The third kappa shape index (κ3) is 16.2. The van der Waals surface area contributed by atoms with E-state index in [1.165, 1.54) is 85.3 Å². The standard InChI is InChI=1S/C37H39ClFN7O3.C37H40F2N8O3.C37H39F2N7O4/c1-9-26(47)44-15-21-12-23-32(45(21)14-20(44)7)22-13-24(39)28(27-19(6)10-11-25-34(27)43(8)37(49)42-25)29(38)33(22)46(36(23)48)35-30(17(2)3)40-16-41-31(35)18(4)5;1-9-25(48)45-15-21-13-40-31-33(46(21)14-20(45)7)22-12-23(38)27(26-19(6)10-11-24-34(26)44(8)37(50)43-24)28(39)32(22)47(36(31)49)35-29(17(2)3)41-16-42-30(35)18(4)5;1-9-25(47)44-14-21-15-50-35-32(45(21)13-20(44)7)22-12-23(38)27(26-19(6)10-11-24-33(26)43(8)37(49)42-24)28(39)31(22)46(36(35)48)34-29(17(2)3)40-16-41-30(34)18(4)5/h9-11,13,16-18,20-21H,1,12,14-15H2,2-8H3,(H,42,49);9-12,16-18,20-21,40H,1,13-15H2,2-8H3,(H,43,50);9-12,16-18,20-21H,1,13-15H2,2-8H3,(H,42,49). The second-order valence-electron chi connectivity index (χ2n) is 41.8. The Labute approximate surface area is 858 Å². The van der Waals surface area contributed by atoms with Crippen molar-refractivity contribution in [2.45, 2.75) is 203 Å². The Morgan fingerprint density at radius 2 is 0.725 bits per heavy atom. The van der Waals surface area contributed by atoms with Crippen molar-refractivity contribution < 1.29 is 41.1 Å². The molecule has 6 aliphatic heterocycles. The molecule has 3 amide bonds. The van der Waals surface area contributed by atoms with E-state index in [0.717, 1.165) is 0 Å². The lowest BCUT2D eigenvalue weighted by atomic mass is 9.93. The van der Waals surface area contributed by atoms with Gasteiger partial charge < -0.3 is 54.4 Å². The zero-order valence-electron chi connectivity index (χ0n) is 87.0. The number of piperazine rings is 3. The second kappa shape index (κ2) is 38.4. The Morgan fingerprint density at radius 1 is 0.403 bits per heavy atom. The van der Waals surface area contributed by atoms with Crippen LogP contribution in [-0.4, -0.2) is 193 Å². The molecular formula is C111H118ClF5N22O10. The number of aryl methyl sites for hydroxylation is 6. The van der Waals surface area contributed by atoms with Gasteiger partial charge in [-0.3, -0.25) is 56.2 Å². The summed E-state index contributed by atoms with van der Waals surface area (Å²) in [5.41, 5.74) is 8.63. The van der Waals surface area contributed by atoms with Gasteiger partial charge >= 0.3 is 17.1 Å². The summed E-state index contributed by atoms with van der Waals surface area (Å²) < 4.78 is 101. The molecule has 774 valence electrons. The van der Waals surface area contributed by atoms with E-state index in [2.05, 4.69) is 74.8 Å². The number of nitrogens with one attached hydrogen (secondary N) is 4. The van der Waals surface area contributed by atoms with Crippen LogP contribution in [-0.2, 0) is 41.9 Å². The van der Waals surface area contributed by atoms with Crippen LogP contribution < -0.4 is 58.5 Å². The predicted molar refractivity (Wildman–Crippen MR) is 572 cm³/mol. The van der Waals surface area contributed by atoms with Gasteiger partial charge in [-0.25, -0.2) is 66.2 Å². The van der Waals surface area contributed by atoms with Gasteiger partial charge in [-0.05, 0) is 148 Å². The minimum atomic E-state index is -0.979. The van der Waals surface area contributed by atoms with Crippen molar-refractivity contribution in [1.29, 1.82) is 0 Å². The quantitative estimate of drug-likeness (QED) is 0.0547. The molecule has 21 rings (SSSR count). The maximum absolute atomic E-state index is 17.9. The number of hydrogen-bond acceptors (Lipinski definition) is 20. The van der Waals surface area contributed by atoms with Gasteiger partial charge in [0, 0.05) is 135 Å². The number of pyridine rings is 3. The zero-order chi connectivity index (χ0) is 107. The number of anilines is 4. The van der Waals surface area contributed by atoms with Crippen LogP contribution >= 0.6 is 11.6 Å². The summed E-state index contributed by atoms with van der Waals surface area (Å²) >= 11 is 7.47. The molecule has 6 aromatic carbocycles. The number of H-pyrrole nitrogens is 3. The fraction of sp³-hybridized carbons (Fsp3) is 0.378. The first-order valence-electron chi connectivity index (χ1n) is 50.2. The third-order valence-electron chi connectivity index (χ3n) is 30.3. The molecule has 6 unspecified atom stereocenters. The lowest BCUT2D eigenvalue weighted by molar-refractivity contribution is -0.129. The molecule has 15 aromatic rings. The van der Waals surface area contributed by atoms with Crippen LogP contribution in [0.2, 0.25) is 5.02 Å². The molecule has 149 heavy (non-hydrogen) atoms. The largest absolute Gasteiger partial charge is 0.484 e. The molecular weight excluding hydrogens is 1930 g/mol. The first-order valence-corrected chi connectivity index (χ1v) is 50.5. The highest BCUT2D eigenvalue weighted by molar-refractivity contribution is 6.39. The number of carbonyl (C=O) groups excluding carboxylic acids is 3. The molecule has 32 nitrogen and oxygen atoms in total. The number of nitrogens with zero attached hydrogens (tertiary/aromatic N) is 18. The fourth-order valence-corrected chi connectivity index (χ4v) is 23.5. The molecule has 15 heterocycles. The minimum absolute atomic E-state index is 0.0457. The Kier molecular flexibility index (Phi) is 26.3. The van der Waals surface area contributed by atoms with E-state index in [0.29, 0.717) is 174 Å². The molecule has 0 aliphatic carbocycles. The first-order chi connectivity index (χ1) is 70.8. The van der Waals surface area contributed by atoms with Crippen molar-refractivity contribution in [2.75, 3.05) is 72.4 Å². The highest BCUT2D eigenvalue weighted by atomic mass is 35.5. The first kappa shape index (κ1) is 102. The van der Waals surface area contributed by atoms with Gasteiger partial charge in [0.15, 0.2) is 11.6 Å². The van der Waals surface area contributed by atoms with Gasteiger partial charge in [-0.15, -0.1) is 0 Å². The Morgan fingerprint density at radius 3 is 1.10 bits per heavy atom. The molecule has 38 heteroatoms. The summed E-state index contributed by atoms with van der Waals surface area (Å²) in [4.78, 5) is 169. The molecule has 0 bridgehead atoms. The Bertz CT molecular complexity index is 8270. The van der Waals surface area contributed by atoms with Crippen molar-refractivity contribution in [2.24, 2.45) is 21.1 Å². The zero-order valence-corrected chi connectivity index (χ0v) is 87.7. The maximum Gasteiger partial charge on any atom is 0.326 e. The van der Waals surface area contributed by atoms with Crippen LogP contribution in [0.4, 0.5) is 44.7 Å². The SMILES string of the molecule is C=CC(=O)N1CC2CNc3c(c4cc(F)c(-c5c(C)ccc6[nH]c(=O)n(C)c56)c(F)c4n(-c4c(C(C)C)ncnc4C(C)C)c3=O)N2CC1C.C=CC(=O)N1CC2COc3c(c4cc(F)c(-c5c(C)ccc6[nH]c(=O)n(C)c56)c(F)c4n(-c4c(C(C)C)ncnc4C(C)C)c3=O)N2CC1C.C=CC(=O)N1CC2Cc3c(c4cc(F)c(-c5c(C)ccc6[nH]c(=O)n(C)c56)c(Cl)c4n(-c4c(C(C)C)ncnc4C(C)C)c3=O)N2CC1C. The molecule has 0 spiro atoms. The van der Waals surface area contributed by atoms with E-state index in [4.69, 9.17) is 16.3 Å². The lowest BCUT2D eigenvalue weighted by Crippen LogP contribution is -2.62. The van der Waals surface area contributed by atoms with E-state index >= 15 is 31.5 Å². The van der Waals surface area contributed by atoms with Gasteiger partial charge in [0.25, 0.3) is 16.7 Å². The molecule has 6 atom stereocenters. The van der Waals surface area contributed by atoms with Crippen LogP contribution in [0.3, 0.4) is 0 Å². The number of halogens is 6. The maximum atomic E-state index is 17.9. The molecule has 6 aliphatic rings. The van der Waals surface area contributed by atoms with Crippen LogP contribution in [0.5, 0.6) is 5.75 Å². The number of aromatic nitrogens is 15. The van der Waals surface area contributed by atoms with Crippen LogP contribution in [0.15, 0.2) is 140 Å². The van der Waals surface area contributed by atoms with Crippen LogP contribution in [0, 0.1) is 49.9 Å². The summed E-state index contributed by atoms with van der Waals surface area (Å²) in [6.45, 7) is 47.9. The van der Waals surface area contributed by atoms with Crippen molar-refractivity contribution in [3.63, 3.8) is 0 Å². The molecule has 4 N–H and O–H groups in total. The predicted octanol–water partition coefficient (Wildman–Crippen LogP) is 17.0. The van der Waals surface area contributed by atoms with E-state index < -0.39 is 57.6 Å². The molecule has 0 saturated carbocycles. The molecule has 0 radical (unpaired) electrons. The number of carbonyl (C=O) groups is 3. The highest BCUT2D eigenvalue weighted by Gasteiger charge is 2.48. The molecule has 3 fully saturated rings. The number of fused-ring (bicyclic) bond motifs is 18. The van der Waals surface area contributed by atoms with Crippen molar-refractivity contribution in [3.05, 3.63) is 265 Å². The summed E-state index contributed by atoms with van der Waals surface area (Å²) in [5.74, 6) is -5.80. The summed E-state index contributed by atoms with van der Waals surface area (Å²) in [7, 11) is 4.71.